The van der Waals surface area contributed by atoms with Gasteiger partial charge in [-0.2, -0.15) is 10.2 Å². The van der Waals surface area contributed by atoms with E-state index in [4.69, 9.17) is 14.9 Å². The Hall–Kier alpha value is -2.75. The van der Waals surface area contributed by atoms with Crippen LogP contribution in [0, 0.1) is 0 Å². The molecule has 1 aliphatic rings. The Morgan fingerprint density at radius 2 is 2.04 bits per heavy atom. The number of hydrogen-bond acceptors (Lipinski definition) is 6. The van der Waals surface area contributed by atoms with Crippen LogP contribution in [0.2, 0.25) is 0 Å². The summed E-state index contributed by atoms with van der Waals surface area (Å²) in [6, 6.07) is 2.50. The van der Waals surface area contributed by atoms with Crippen molar-refractivity contribution in [3.8, 4) is 11.5 Å². The van der Waals surface area contributed by atoms with E-state index in [9.17, 15) is 4.79 Å². The molecule has 0 spiro atoms. The fraction of sp³-hybridized carbons (Fsp3) is 0.611. The Labute approximate surface area is 164 Å². The van der Waals surface area contributed by atoms with Crippen LogP contribution >= 0.6 is 0 Å². The summed E-state index contributed by atoms with van der Waals surface area (Å²) in [5, 5.41) is 18.6. The molecule has 0 bridgehead atoms. The van der Waals surface area contributed by atoms with Gasteiger partial charge in [0.15, 0.2) is 11.6 Å². The van der Waals surface area contributed by atoms with E-state index < -0.39 is 0 Å². The second kappa shape index (κ2) is 9.98. The molecule has 1 fully saturated rings. The number of hydrogen-bond donors (Lipinski definition) is 2. The third-order valence-electron chi connectivity index (χ3n) is 4.70. The van der Waals surface area contributed by atoms with Crippen LogP contribution in [0.5, 0.6) is 0 Å². The lowest BCUT2D eigenvalue weighted by atomic mass is 10.1. The minimum absolute atomic E-state index is 0.0792. The van der Waals surface area contributed by atoms with Crippen molar-refractivity contribution in [3.63, 3.8) is 0 Å². The van der Waals surface area contributed by atoms with Crippen molar-refractivity contribution in [2.75, 3.05) is 27.2 Å². The molecule has 0 aliphatic carbocycles. The fourth-order valence-corrected chi connectivity index (χ4v) is 3.25. The van der Waals surface area contributed by atoms with Gasteiger partial charge in [0, 0.05) is 19.3 Å². The van der Waals surface area contributed by atoms with Crippen molar-refractivity contribution in [1.29, 1.82) is 0 Å². The van der Waals surface area contributed by atoms with Gasteiger partial charge in [-0.1, -0.05) is 0 Å². The number of carboxylic acid groups (broad SMARTS) is 1. The summed E-state index contributed by atoms with van der Waals surface area (Å²) >= 11 is 0. The molecule has 0 unspecified atom stereocenters. The zero-order valence-corrected chi connectivity index (χ0v) is 16.9. The van der Waals surface area contributed by atoms with Gasteiger partial charge < -0.3 is 15.3 Å². The minimum Gasteiger partial charge on any atom is -0.483 e. The quantitative estimate of drug-likeness (QED) is 0.729. The summed E-state index contributed by atoms with van der Waals surface area (Å²) in [4.78, 5) is 27.1. The Morgan fingerprint density at radius 1 is 1.39 bits per heavy atom. The first kappa shape index (κ1) is 21.5. The van der Waals surface area contributed by atoms with Gasteiger partial charge in [0.05, 0.1) is 12.5 Å². The third-order valence-corrected chi connectivity index (χ3v) is 4.70. The van der Waals surface area contributed by atoms with E-state index in [2.05, 4.69) is 41.3 Å². The summed E-state index contributed by atoms with van der Waals surface area (Å²) in [6.07, 6.45) is 4.05. The number of rotatable bonds is 5. The Bertz CT molecular complexity index is 776. The number of carbonyl (C=O) groups excluding carboxylic acids is 1. The number of likely N-dealkylation sites (N-methyl/N-ethyl adjacent to an activating group) is 1. The first-order valence-electron chi connectivity index (χ1n) is 9.37. The van der Waals surface area contributed by atoms with Gasteiger partial charge in [-0.25, -0.2) is 9.67 Å². The van der Waals surface area contributed by atoms with Gasteiger partial charge in [0.1, 0.15) is 5.69 Å². The van der Waals surface area contributed by atoms with Crippen LogP contribution in [-0.2, 0) is 16.0 Å². The van der Waals surface area contributed by atoms with Crippen molar-refractivity contribution in [1.82, 2.24) is 34.8 Å². The first-order valence-corrected chi connectivity index (χ1v) is 9.37. The third kappa shape index (κ3) is 5.16. The van der Waals surface area contributed by atoms with Gasteiger partial charge in [0.2, 0.25) is 5.91 Å². The molecule has 1 aliphatic heterocycles. The number of amides is 1. The molecule has 3 rings (SSSR count). The Balaban J connectivity index is 0.000000878. The molecule has 1 amide bonds. The monoisotopic (exact) mass is 391 g/mol. The van der Waals surface area contributed by atoms with Gasteiger partial charge in [-0.3, -0.25) is 14.3 Å². The molecule has 3 heterocycles. The Kier molecular flexibility index (Phi) is 7.68. The minimum atomic E-state index is -0.250. The molecule has 2 aromatic heterocycles. The molecule has 2 aromatic rings. The van der Waals surface area contributed by atoms with Crippen LogP contribution in [-0.4, -0.2) is 74.1 Å². The van der Waals surface area contributed by atoms with E-state index in [1.807, 2.05) is 15.4 Å². The lowest BCUT2D eigenvalue weighted by Crippen LogP contribution is -2.32. The maximum absolute atomic E-state index is 11.8. The molecule has 1 saturated heterocycles. The summed E-state index contributed by atoms with van der Waals surface area (Å²) in [6.45, 7) is 6.02. The fourth-order valence-electron chi connectivity index (χ4n) is 3.25. The van der Waals surface area contributed by atoms with E-state index in [-0.39, 0.29) is 24.8 Å². The predicted octanol–water partition coefficient (Wildman–Crippen LogP) is 0.979. The topological polar surface area (TPSA) is 118 Å². The highest BCUT2D eigenvalue weighted by atomic mass is 16.3. The van der Waals surface area contributed by atoms with Gasteiger partial charge in [-0.05, 0) is 52.9 Å². The van der Waals surface area contributed by atoms with Crippen LogP contribution in [0.15, 0.2) is 12.3 Å². The van der Waals surface area contributed by atoms with Crippen molar-refractivity contribution in [3.05, 3.63) is 18.1 Å². The van der Waals surface area contributed by atoms with Crippen molar-refractivity contribution < 1.29 is 14.7 Å². The normalized spacial score (nSPS) is 15.2. The van der Waals surface area contributed by atoms with Gasteiger partial charge >= 0.3 is 0 Å². The summed E-state index contributed by atoms with van der Waals surface area (Å²) in [5.74, 6) is 1.29. The summed E-state index contributed by atoms with van der Waals surface area (Å²) in [5.41, 5.74) is 0.949. The zero-order chi connectivity index (χ0) is 20.7. The Morgan fingerprint density at radius 3 is 2.61 bits per heavy atom. The van der Waals surface area contributed by atoms with Crippen LogP contribution in [0.1, 0.15) is 44.6 Å². The van der Waals surface area contributed by atoms with Crippen LogP contribution < -0.4 is 5.32 Å². The summed E-state index contributed by atoms with van der Waals surface area (Å²) in [7, 11) is 3.77. The lowest BCUT2D eigenvalue weighted by molar-refractivity contribution is -0.123. The maximum Gasteiger partial charge on any atom is 0.290 e. The number of aromatic nitrogens is 5. The van der Waals surface area contributed by atoms with Crippen molar-refractivity contribution >= 4 is 12.4 Å². The number of carbonyl (C=O) groups is 2. The summed E-state index contributed by atoms with van der Waals surface area (Å²) < 4.78 is 3.97. The molecule has 10 heteroatoms. The molecule has 0 saturated carbocycles. The SMILES string of the molecule is CNC(=O)Cc1nc(-c2ccnn2C(C)C)n(C2CCN(C)CC2)n1.O=CO. The average molecular weight is 391 g/mol. The highest BCUT2D eigenvalue weighted by molar-refractivity contribution is 5.77. The maximum atomic E-state index is 11.8. The molecule has 28 heavy (non-hydrogen) atoms. The highest BCUT2D eigenvalue weighted by Gasteiger charge is 2.26. The largest absolute Gasteiger partial charge is 0.483 e. The molecule has 2 N–H and O–H groups in total. The van der Waals surface area contributed by atoms with E-state index >= 15 is 0 Å². The molecular weight excluding hydrogens is 362 g/mol. The van der Waals surface area contributed by atoms with Crippen LogP contribution in [0.25, 0.3) is 11.5 Å². The smallest absolute Gasteiger partial charge is 0.290 e. The average Bonchev–Trinajstić information content (AvgIpc) is 3.29. The van der Waals surface area contributed by atoms with Crippen molar-refractivity contribution in [2.45, 2.75) is 45.2 Å². The highest BCUT2D eigenvalue weighted by Crippen LogP contribution is 2.28. The standard InChI is InChI=1S/C17H27N7O.CH2O2/c1-12(2)23-14(5-8-19-23)17-20-15(11-16(25)18-3)21-24(17)13-6-9-22(4)10-7-13;2-1-3/h5,8,12-13H,6-7,9-11H2,1-4H3,(H,18,25);1H,(H,2,3). The predicted molar refractivity (Wildman–Crippen MR) is 104 cm³/mol. The van der Waals surface area contributed by atoms with Crippen LogP contribution in [0.4, 0.5) is 0 Å². The lowest BCUT2D eigenvalue weighted by Gasteiger charge is -2.29. The van der Waals surface area contributed by atoms with Crippen LogP contribution in [0.3, 0.4) is 0 Å². The second-order valence-electron chi connectivity index (χ2n) is 7.04. The molecule has 0 aromatic carbocycles. The number of piperidine rings is 1. The van der Waals surface area contributed by atoms with Crippen molar-refractivity contribution in [2.24, 2.45) is 0 Å². The van der Waals surface area contributed by atoms with Gasteiger partial charge in [0.25, 0.3) is 6.47 Å². The molecule has 10 nitrogen and oxygen atoms in total. The van der Waals surface area contributed by atoms with E-state index in [1.54, 1.807) is 13.2 Å². The molecule has 154 valence electrons. The van der Waals surface area contributed by atoms with E-state index in [0.29, 0.717) is 11.9 Å². The molecule has 0 radical (unpaired) electrons. The zero-order valence-electron chi connectivity index (χ0n) is 16.9. The molecular formula is C18H29N7O3. The first-order chi connectivity index (χ1) is 13.4. The second-order valence-corrected chi connectivity index (χ2v) is 7.04. The number of nitrogens with one attached hydrogen (secondary N) is 1. The molecule has 0 atom stereocenters. The van der Waals surface area contributed by atoms with E-state index in [1.165, 1.54) is 0 Å². The number of nitrogens with zero attached hydrogens (tertiary/aromatic N) is 6. The number of likely N-dealkylation sites (tertiary alicyclic amines) is 1. The van der Waals surface area contributed by atoms with Gasteiger partial charge in [-0.15, -0.1) is 0 Å². The van der Waals surface area contributed by atoms with E-state index in [0.717, 1.165) is 37.4 Å².